The molecule has 0 aliphatic carbocycles. The van der Waals surface area contributed by atoms with Crippen LogP contribution in [0.3, 0.4) is 0 Å². The first-order chi connectivity index (χ1) is 9.04. The number of aromatic nitrogens is 1. The second-order valence-electron chi connectivity index (χ2n) is 3.87. The molecule has 0 spiro atoms. The highest BCUT2D eigenvalue weighted by Gasteiger charge is 2.07. The molecule has 0 unspecified atom stereocenters. The van der Waals surface area contributed by atoms with E-state index >= 15 is 0 Å². The van der Waals surface area contributed by atoms with E-state index in [1.807, 2.05) is 19.1 Å². The number of anilines is 2. The summed E-state index contributed by atoms with van der Waals surface area (Å²) in [5.74, 6) is 0.468. The maximum atomic E-state index is 11.8. The summed E-state index contributed by atoms with van der Waals surface area (Å²) in [4.78, 5) is 16.0. The first-order valence-corrected chi connectivity index (χ1v) is 6.27. The molecule has 1 heterocycles. The average molecular weight is 296 g/mol. The summed E-state index contributed by atoms with van der Waals surface area (Å²) in [5.41, 5.74) is 1.26. The van der Waals surface area contributed by atoms with Crippen LogP contribution in [0.5, 0.6) is 0 Å². The summed E-state index contributed by atoms with van der Waals surface area (Å²) in [5, 5.41) is 6.14. The summed E-state index contributed by atoms with van der Waals surface area (Å²) in [6, 6.07) is 9.77. The largest absolute Gasteiger partial charge is 0.324 e. The molecule has 2 aromatic rings. The number of benzene rings is 1. The number of hydrogen-bond donors (Lipinski definition) is 2. The lowest BCUT2D eigenvalue weighted by molar-refractivity contribution is 0.262. The van der Waals surface area contributed by atoms with Crippen LogP contribution in [-0.4, -0.2) is 11.0 Å². The minimum Gasteiger partial charge on any atom is -0.306 e. The number of urea groups is 1. The summed E-state index contributed by atoms with van der Waals surface area (Å²) < 4.78 is 0. The van der Waals surface area contributed by atoms with Crippen molar-refractivity contribution in [3.05, 3.63) is 52.1 Å². The number of aryl methyl sites for hydroxylation is 1. The number of rotatable bonds is 2. The van der Waals surface area contributed by atoms with Crippen molar-refractivity contribution in [2.75, 3.05) is 10.6 Å². The minimum atomic E-state index is -0.428. The molecule has 2 rings (SSSR count). The molecule has 0 saturated carbocycles. The lowest BCUT2D eigenvalue weighted by Crippen LogP contribution is -2.20. The molecule has 0 saturated heterocycles. The number of carbonyl (C=O) groups is 1. The van der Waals surface area contributed by atoms with Crippen molar-refractivity contribution in [2.45, 2.75) is 6.92 Å². The van der Waals surface area contributed by atoms with Crippen molar-refractivity contribution in [2.24, 2.45) is 0 Å². The Labute approximate surface area is 120 Å². The lowest BCUT2D eigenvalue weighted by atomic mass is 10.3. The monoisotopic (exact) mass is 295 g/mol. The van der Waals surface area contributed by atoms with Crippen molar-refractivity contribution in [1.82, 2.24) is 4.98 Å². The van der Waals surface area contributed by atoms with Crippen LogP contribution in [-0.2, 0) is 0 Å². The molecule has 1 aromatic carbocycles. The van der Waals surface area contributed by atoms with Crippen molar-refractivity contribution in [1.29, 1.82) is 0 Å². The molecule has 0 radical (unpaired) electrons. The normalized spacial score (nSPS) is 10.1. The smallest absolute Gasteiger partial charge is 0.306 e. The Kier molecular flexibility index (Phi) is 4.24. The van der Waals surface area contributed by atoms with E-state index in [0.717, 1.165) is 5.69 Å². The van der Waals surface area contributed by atoms with E-state index in [9.17, 15) is 4.79 Å². The van der Waals surface area contributed by atoms with Crippen molar-refractivity contribution in [3.63, 3.8) is 0 Å². The number of halogens is 2. The van der Waals surface area contributed by atoms with Gasteiger partial charge in [-0.2, -0.15) is 0 Å². The summed E-state index contributed by atoms with van der Waals surface area (Å²) >= 11 is 11.8. The van der Waals surface area contributed by atoms with Crippen LogP contribution in [0.15, 0.2) is 36.4 Å². The quantitative estimate of drug-likeness (QED) is 0.866. The number of hydrogen-bond acceptors (Lipinski definition) is 2. The molecule has 6 heteroatoms. The molecule has 0 atom stereocenters. The third kappa shape index (κ3) is 3.84. The average Bonchev–Trinajstić information content (AvgIpc) is 2.34. The van der Waals surface area contributed by atoms with Crippen molar-refractivity contribution >= 4 is 40.7 Å². The number of amides is 2. The molecule has 19 heavy (non-hydrogen) atoms. The van der Waals surface area contributed by atoms with Crippen LogP contribution in [0, 0.1) is 6.92 Å². The maximum Gasteiger partial charge on any atom is 0.324 e. The first-order valence-electron chi connectivity index (χ1n) is 5.51. The van der Waals surface area contributed by atoms with Crippen molar-refractivity contribution in [3.8, 4) is 0 Å². The van der Waals surface area contributed by atoms with Crippen LogP contribution in [0.2, 0.25) is 10.0 Å². The molecular weight excluding hydrogens is 285 g/mol. The van der Waals surface area contributed by atoms with Crippen LogP contribution in [0.1, 0.15) is 5.69 Å². The Bertz CT molecular complexity index is 617. The first kappa shape index (κ1) is 13.6. The SMILES string of the molecule is Cc1cccc(NC(=O)Nc2cc(Cl)ccc2Cl)n1. The molecule has 0 bridgehead atoms. The van der Waals surface area contributed by atoms with Gasteiger partial charge in [0.25, 0.3) is 0 Å². The minimum absolute atomic E-state index is 0.414. The highest BCUT2D eigenvalue weighted by Crippen LogP contribution is 2.25. The van der Waals surface area contributed by atoms with Gasteiger partial charge < -0.3 is 5.32 Å². The molecule has 98 valence electrons. The molecule has 2 amide bonds. The van der Waals surface area contributed by atoms with Crippen LogP contribution in [0.4, 0.5) is 16.3 Å². The summed E-state index contributed by atoms with van der Waals surface area (Å²) in [6.45, 7) is 1.84. The van der Waals surface area contributed by atoms with E-state index in [-0.39, 0.29) is 0 Å². The molecule has 0 aliphatic heterocycles. The van der Waals surface area contributed by atoms with Gasteiger partial charge in [0, 0.05) is 10.7 Å². The Hall–Kier alpha value is -1.78. The third-order valence-corrected chi connectivity index (χ3v) is 2.87. The highest BCUT2D eigenvalue weighted by molar-refractivity contribution is 6.35. The zero-order valence-electron chi connectivity index (χ0n) is 10.1. The van der Waals surface area contributed by atoms with Gasteiger partial charge in [0.05, 0.1) is 10.7 Å². The topological polar surface area (TPSA) is 54.0 Å². The van der Waals surface area contributed by atoms with Gasteiger partial charge in [-0.15, -0.1) is 0 Å². The molecule has 4 nitrogen and oxygen atoms in total. The van der Waals surface area contributed by atoms with Crippen LogP contribution in [0.25, 0.3) is 0 Å². The van der Waals surface area contributed by atoms with E-state index < -0.39 is 6.03 Å². The number of nitrogens with zero attached hydrogens (tertiary/aromatic N) is 1. The molecule has 1 aromatic heterocycles. The van der Waals surface area contributed by atoms with Gasteiger partial charge in [0.1, 0.15) is 5.82 Å². The van der Waals surface area contributed by atoms with Gasteiger partial charge in [-0.1, -0.05) is 29.3 Å². The lowest BCUT2D eigenvalue weighted by Gasteiger charge is -2.09. The number of nitrogens with one attached hydrogen (secondary N) is 2. The van der Waals surface area contributed by atoms with E-state index in [1.165, 1.54) is 0 Å². The molecular formula is C13H11Cl2N3O. The standard InChI is InChI=1S/C13H11Cl2N3O/c1-8-3-2-4-12(16-8)18-13(19)17-11-7-9(14)5-6-10(11)15/h2-7H,1H3,(H2,16,17,18,19). The van der Waals surface area contributed by atoms with Crippen molar-refractivity contribution < 1.29 is 4.79 Å². The van der Waals surface area contributed by atoms with E-state index in [0.29, 0.717) is 21.6 Å². The fraction of sp³-hybridized carbons (Fsp3) is 0.0769. The van der Waals surface area contributed by atoms with Gasteiger partial charge in [-0.25, -0.2) is 9.78 Å². The van der Waals surface area contributed by atoms with E-state index in [2.05, 4.69) is 15.6 Å². The number of pyridine rings is 1. The van der Waals surface area contributed by atoms with E-state index in [4.69, 9.17) is 23.2 Å². The molecule has 0 aliphatic rings. The molecule has 2 N–H and O–H groups in total. The third-order valence-electron chi connectivity index (χ3n) is 2.31. The predicted octanol–water partition coefficient (Wildman–Crippen LogP) is 4.34. The maximum absolute atomic E-state index is 11.8. The van der Waals surface area contributed by atoms with Gasteiger partial charge in [-0.3, -0.25) is 5.32 Å². The second-order valence-corrected chi connectivity index (χ2v) is 4.71. The Balaban J connectivity index is 2.07. The molecule has 0 fully saturated rings. The van der Waals surface area contributed by atoms with E-state index in [1.54, 1.807) is 24.3 Å². The Morgan fingerprint density at radius 2 is 1.95 bits per heavy atom. The van der Waals surface area contributed by atoms with Gasteiger partial charge in [0.2, 0.25) is 0 Å². The van der Waals surface area contributed by atoms with Crippen LogP contribution >= 0.6 is 23.2 Å². The van der Waals surface area contributed by atoms with Gasteiger partial charge >= 0.3 is 6.03 Å². The Morgan fingerprint density at radius 3 is 2.68 bits per heavy atom. The summed E-state index contributed by atoms with van der Waals surface area (Å²) in [6.07, 6.45) is 0. The second kappa shape index (κ2) is 5.91. The van der Waals surface area contributed by atoms with Gasteiger partial charge in [-0.05, 0) is 37.3 Å². The fourth-order valence-corrected chi connectivity index (χ4v) is 1.81. The predicted molar refractivity (Wildman–Crippen MR) is 78.1 cm³/mol. The number of carbonyl (C=O) groups excluding carboxylic acids is 1. The zero-order chi connectivity index (χ0) is 13.8. The zero-order valence-corrected chi connectivity index (χ0v) is 11.6. The Morgan fingerprint density at radius 1 is 1.16 bits per heavy atom. The summed E-state index contributed by atoms with van der Waals surface area (Å²) in [7, 11) is 0. The fourth-order valence-electron chi connectivity index (χ4n) is 1.48. The van der Waals surface area contributed by atoms with Crippen LogP contribution < -0.4 is 10.6 Å². The van der Waals surface area contributed by atoms with Gasteiger partial charge in [0.15, 0.2) is 0 Å². The highest BCUT2D eigenvalue weighted by atomic mass is 35.5.